The summed E-state index contributed by atoms with van der Waals surface area (Å²) >= 11 is 0. The van der Waals surface area contributed by atoms with Crippen LogP contribution in [-0.4, -0.2) is 43.4 Å². The lowest BCUT2D eigenvalue weighted by atomic mass is 10.2. The second-order valence-electron chi connectivity index (χ2n) is 3.60. The Bertz CT molecular complexity index is 215. The standard InChI is InChI=1S/C10H17NO3/c1-14-8-9(12)7-11-6-4-2-3-5-10(11)13/h2-8H2,1H3. The minimum absolute atomic E-state index is 0.0252. The number of amides is 1. The third kappa shape index (κ3) is 3.46. The maximum Gasteiger partial charge on any atom is 0.222 e. The van der Waals surface area contributed by atoms with Gasteiger partial charge >= 0.3 is 0 Å². The van der Waals surface area contributed by atoms with E-state index in [0.717, 1.165) is 19.3 Å². The zero-order valence-electron chi connectivity index (χ0n) is 8.62. The van der Waals surface area contributed by atoms with E-state index in [1.165, 1.54) is 7.11 Å². The van der Waals surface area contributed by atoms with Gasteiger partial charge in [-0.15, -0.1) is 0 Å². The van der Waals surface area contributed by atoms with Gasteiger partial charge in [0, 0.05) is 20.1 Å². The van der Waals surface area contributed by atoms with Gasteiger partial charge in [-0.3, -0.25) is 9.59 Å². The van der Waals surface area contributed by atoms with Gasteiger partial charge in [-0.05, 0) is 12.8 Å². The van der Waals surface area contributed by atoms with E-state index in [2.05, 4.69) is 0 Å². The first-order chi connectivity index (χ1) is 6.74. The molecule has 0 aromatic carbocycles. The van der Waals surface area contributed by atoms with Crippen molar-refractivity contribution in [3.8, 4) is 0 Å². The molecule has 1 heterocycles. The lowest BCUT2D eigenvalue weighted by molar-refractivity contribution is -0.136. The van der Waals surface area contributed by atoms with E-state index >= 15 is 0 Å². The molecule has 0 aromatic heterocycles. The monoisotopic (exact) mass is 199 g/mol. The molecule has 0 radical (unpaired) electrons. The molecule has 1 rings (SSSR count). The van der Waals surface area contributed by atoms with Gasteiger partial charge in [0.05, 0.1) is 6.54 Å². The first-order valence-corrected chi connectivity index (χ1v) is 5.02. The Balaban J connectivity index is 2.40. The van der Waals surface area contributed by atoms with E-state index in [0.29, 0.717) is 13.0 Å². The van der Waals surface area contributed by atoms with Gasteiger partial charge in [-0.2, -0.15) is 0 Å². The van der Waals surface area contributed by atoms with Crippen molar-refractivity contribution in [1.29, 1.82) is 0 Å². The molecular formula is C10H17NO3. The molecule has 14 heavy (non-hydrogen) atoms. The molecule has 1 amide bonds. The fraction of sp³-hybridized carbons (Fsp3) is 0.800. The lowest BCUT2D eigenvalue weighted by Gasteiger charge is -2.19. The highest BCUT2D eigenvalue weighted by molar-refractivity contribution is 5.86. The minimum atomic E-state index is -0.0252. The molecule has 1 saturated heterocycles. The largest absolute Gasteiger partial charge is 0.377 e. The number of likely N-dealkylation sites (tertiary alicyclic amines) is 1. The Labute approximate surface area is 84.2 Å². The molecule has 0 aliphatic carbocycles. The van der Waals surface area contributed by atoms with Crippen molar-refractivity contribution in [2.24, 2.45) is 0 Å². The van der Waals surface area contributed by atoms with Crippen LogP contribution in [0.25, 0.3) is 0 Å². The Morgan fingerprint density at radius 1 is 1.43 bits per heavy atom. The summed E-state index contributed by atoms with van der Waals surface area (Å²) in [6, 6.07) is 0. The van der Waals surface area contributed by atoms with E-state index < -0.39 is 0 Å². The summed E-state index contributed by atoms with van der Waals surface area (Å²) in [7, 11) is 1.49. The van der Waals surface area contributed by atoms with Crippen LogP contribution in [0.3, 0.4) is 0 Å². The van der Waals surface area contributed by atoms with Crippen LogP contribution in [0.1, 0.15) is 25.7 Å². The van der Waals surface area contributed by atoms with Crippen LogP contribution in [-0.2, 0) is 14.3 Å². The van der Waals surface area contributed by atoms with Crippen molar-refractivity contribution >= 4 is 11.7 Å². The smallest absolute Gasteiger partial charge is 0.222 e. The number of hydrogen-bond acceptors (Lipinski definition) is 3. The third-order valence-corrected chi connectivity index (χ3v) is 2.34. The normalized spacial score (nSPS) is 18.1. The first kappa shape index (κ1) is 11.2. The Morgan fingerprint density at radius 2 is 2.21 bits per heavy atom. The molecule has 4 heteroatoms. The summed E-state index contributed by atoms with van der Waals surface area (Å²) in [4.78, 5) is 24.4. The molecule has 0 N–H and O–H groups in total. The molecule has 0 saturated carbocycles. The summed E-state index contributed by atoms with van der Waals surface area (Å²) in [5.41, 5.74) is 0. The van der Waals surface area contributed by atoms with E-state index in [1.54, 1.807) is 4.90 Å². The number of carbonyl (C=O) groups is 2. The number of ether oxygens (including phenoxy) is 1. The fourth-order valence-corrected chi connectivity index (χ4v) is 1.63. The second-order valence-corrected chi connectivity index (χ2v) is 3.60. The van der Waals surface area contributed by atoms with E-state index in [9.17, 15) is 9.59 Å². The van der Waals surface area contributed by atoms with Gasteiger partial charge in [-0.25, -0.2) is 0 Å². The van der Waals surface area contributed by atoms with Crippen LogP contribution < -0.4 is 0 Å². The minimum Gasteiger partial charge on any atom is -0.377 e. The van der Waals surface area contributed by atoms with Crippen molar-refractivity contribution in [3.63, 3.8) is 0 Å². The Kier molecular flexibility index (Phi) is 4.59. The molecule has 0 unspecified atom stereocenters. The SMILES string of the molecule is COCC(=O)CN1CCCCCC1=O. The summed E-state index contributed by atoms with van der Waals surface area (Å²) in [5, 5.41) is 0. The van der Waals surface area contributed by atoms with Crippen LogP contribution in [0.4, 0.5) is 0 Å². The van der Waals surface area contributed by atoms with Crippen LogP contribution in [0.2, 0.25) is 0 Å². The van der Waals surface area contributed by atoms with Crippen LogP contribution in [0.15, 0.2) is 0 Å². The van der Waals surface area contributed by atoms with Crippen LogP contribution in [0, 0.1) is 0 Å². The summed E-state index contributed by atoms with van der Waals surface area (Å²) in [6.07, 6.45) is 3.63. The van der Waals surface area contributed by atoms with E-state index in [4.69, 9.17) is 4.74 Å². The zero-order valence-corrected chi connectivity index (χ0v) is 8.62. The van der Waals surface area contributed by atoms with Crippen molar-refractivity contribution < 1.29 is 14.3 Å². The molecule has 1 aliphatic heterocycles. The number of Topliss-reactive ketones (excluding diaryl/α,β-unsaturated/α-hetero) is 1. The molecule has 0 spiro atoms. The average Bonchev–Trinajstić information content (AvgIpc) is 2.33. The highest BCUT2D eigenvalue weighted by Gasteiger charge is 2.18. The number of ketones is 1. The molecule has 0 aromatic rings. The van der Waals surface area contributed by atoms with Crippen LogP contribution in [0.5, 0.6) is 0 Å². The van der Waals surface area contributed by atoms with Crippen molar-refractivity contribution in [2.75, 3.05) is 26.8 Å². The van der Waals surface area contributed by atoms with Gasteiger partial charge in [0.2, 0.25) is 5.91 Å². The predicted octanol–water partition coefficient (Wildman–Crippen LogP) is 0.604. The Morgan fingerprint density at radius 3 is 2.93 bits per heavy atom. The lowest BCUT2D eigenvalue weighted by Crippen LogP contribution is -2.36. The Hall–Kier alpha value is -0.900. The molecule has 0 bridgehead atoms. The highest BCUT2D eigenvalue weighted by atomic mass is 16.5. The molecule has 4 nitrogen and oxygen atoms in total. The number of hydrogen-bond donors (Lipinski definition) is 0. The summed E-state index contributed by atoms with van der Waals surface area (Å²) in [6.45, 7) is 1.03. The summed E-state index contributed by atoms with van der Waals surface area (Å²) < 4.78 is 4.72. The molecular weight excluding hydrogens is 182 g/mol. The topological polar surface area (TPSA) is 46.6 Å². The maximum atomic E-state index is 11.5. The highest BCUT2D eigenvalue weighted by Crippen LogP contribution is 2.10. The molecule has 1 aliphatic rings. The van der Waals surface area contributed by atoms with Crippen LogP contribution >= 0.6 is 0 Å². The van der Waals surface area contributed by atoms with Crippen molar-refractivity contribution in [3.05, 3.63) is 0 Å². The van der Waals surface area contributed by atoms with Crippen molar-refractivity contribution in [1.82, 2.24) is 4.90 Å². The third-order valence-electron chi connectivity index (χ3n) is 2.34. The fourth-order valence-electron chi connectivity index (χ4n) is 1.63. The van der Waals surface area contributed by atoms with Gasteiger partial charge in [0.1, 0.15) is 6.61 Å². The molecule has 0 atom stereocenters. The number of nitrogens with zero attached hydrogens (tertiary/aromatic N) is 1. The van der Waals surface area contributed by atoms with E-state index in [-0.39, 0.29) is 24.8 Å². The van der Waals surface area contributed by atoms with E-state index in [1.807, 2.05) is 0 Å². The predicted molar refractivity (Wildman–Crippen MR) is 51.9 cm³/mol. The number of methoxy groups -OCH3 is 1. The maximum absolute atomic E-state index is 11.5. The van der Waals surface area contributed by atoms with Gasteiger partial charge in [0.15, 0.2) is 5.78 Å². The zero-order chi connectivity index (χ0) is 10.4. The summed E-state index contributed by atoms with van der Waals surface area (Å²) in [5.74, 6) is 0.0784. The first-order valence-electron chi connectivity index (χ1n) is 5.02. The molecule has 1 fully saturated rings. The number of carbonyl (C=O) groups excluding carboxylic acids is 2. The van der Waals surface area contributed by atoms with Gasteiger partial charge in [-0.1, -0.05) is 6.42 Å². The molecule has 80 valence electrons. The van der Waals surface area contributed by atoms with Crippen molar-refractivity contribution in [2.45, 2.75) is 25.7 Å². The van der Waals surface area contributed by atoms with Gasteiger partial charge < -0.3 is 9.64 Å². The number of rotatable bonds is 4. The van der Waals surface area contributed by atoms with Gasteiger partial charge in [0.25, 0.3) is 0 Å². The quantitative estimate of drug-likeness (QED) is 0.666. The second kappa shape index (κ2) is 5.75. The average molecular weight is 199 g/mol.